The fraction of sp³-hybridized carbons (Fsp3) is 0.350. The smallest absolute Gasteiger partial charge is 0.232 e. The van der Waals surface area contributed by atoms with Gasteiger partial charge < -0.3 is 15.1 Å². The normalized spacial score (nSPS) is 14.2. The molecule has 0 bridgehead atoms. The zero-order chi connectivity index (χ0) is 18.4. The molecule has 2 heterocycles. The van der Waals surface area contributed by atoms with E-state index >= 15 is 0 Å². The van der Waals surface area contributed by atoms with Crippen LogP contribution in [0, 0.1) is 6.92 Å². The van der Waals surface area contributed by atoms with E-state index in [1.165, 1.54) is 0 Å². The lowest BCUT2D eigenvalue weighted by atomic mass is 10.1. The average Bonchev–Trinajstić information content (AvgIpc) is 2.67. The molecule has 6 nitrogen and oxygen atoms in total. The summed E-state index contributed by atoms with van der Waals surface area (Å²) in [6.07, 6.45) is 1.67. The first kappa shape index (κ1) is 17.9. The number of nitrogens with zero attached hydrogens (tertiary/aromatic N) is 3. The molecule has 1 aliphatic rings. The van der Waals surface area contributed by atoms with Crippen LogP contribution >= 0.6 is 0 Å². The van der Waals surface area contributed by atoms with Crippen molar-refractivity contribution >= 4 is 17.6 Å². The fourth-order valence-electron chi connectivity index (χ4n) is 3.06. The van der Waals surface area contributed by atoms with Gasteiger partial charge >= 0.3 is 0 Å². The van der Waals surface area contributed by atoms with Crippen LogP contribution in [0.15, 0.2) is 48.7 Å². The molecule has 0 unspecified atom stereocenters. The SMILES string of the molecule is Cc1cccc(CNC(=O)CC(=O)N2CCN(c3ccccn3)CC2)c1. The molecule has 136 valence electrons. The molecule has 1 saturated heterocycles. The van der Waals surface area contributed by atoms with Crippen molar-refractivity contribution in [3.63, 3.8) is 0 Å². The van der Waals surface area contributed by atoms with E-state index in [2.05, 4.69) is 15.2 Å². The molecule has 0 atom stereocenters. The summed E-state index contributed by atoms with van der Waals surface area (Å²) in [5, 5.41) is 2.82. The molecule has 1 N–H and O–H groups in total. The van der Waals surface area contributed by atoms with Gasteiger partial charge in [0.25, 0.3) is 0 Å². The van der Waals surface area contributed by atoms with Crippen LogP contribution in [0.4, 0.5) is 5.82 Å². The number of pyridine rings is 1. The van der Waals surface area contributed by atoms with Gasteiger partial charge in [0.2, 0.25) is 11.8 Å². The summed E-state index contributed by atoms with van der Waals surface area (Å²) in [7, 11) is 0. The molecule has 3 rings (SSSR count). The van der Waals surface area contributed by atoms with Crippen molar-refractivity contribution in [3.05, 3.63) is 59.8 Å². The topological polar surface area (TPSA) is 65.5 Å². The molecule has 1 aromatic carbocycles. The van der Waals surface area contributed by atoms with Gasteiger partial charge in [-0.3, -0.25) is 9.59 Å². The first-order valence-corrected chi connectivity index (χ1v) is 8.88. The summed E-state index contributed by atoms with van der Waals surface area (Å²) in [6.45, 7) is 5.14. The Bertz CT molecular complexity index is 755. The van der Waals surface area contributed by atoms with Crippen molar-refractivity contribution in [3.8, 4) is 0 Å². The van der Waals surface area contributed by atoms with Crippen LogP contribution in [0.3, 0.4) is 0 Å². The van der Waals surface area contributed by atoms with E-state index in [-0.39, 0.29) is 18.2 Å². The van der Waals surface area contributed by atoms with Gasteiger partial charge in [0, 0.05) is 38.9 Å². The number of piperazine rings is 1. The van der Waals surface area contributed by atoms with Crippen molar-refractivity contribution in [2.24, 2.45) is 0 Å². The zero-order valence-corrected chi connectivity index (χ0v) is 15.0. The number of amides is 2. The number of aryl methyl sites for hydroxylation is 1. The zero-order valence-electron chi connectivity index (χ0n) is 15.0. The molecular weight excluding hydrogens is 328 g/mol. The molecule has 2 aromatic rings. The number of nitrogens with one attached hydrogen (secondary N) is 1. The Morgan fingerprint density at radius 2 is 1.88 bits per heavy atom. The maximum absolute atomic E-state index is 12.3. The highest BCUT2D eigenvalue weighted by molar-refractivity contribution is 5.96. The van der Waals surface area contributed by atoms with Gasteiger partial charge in [0.15, 0.2) is 0 Å². The maximum Gasteiger partial charge on any atom is 0.232 e. The minimum Gasteiger partial charge on any atom is -0.353 e. The van der Waals surface area contributed by atoms with Gasteiger partial charge in [0.1, 0.15) is 12.2 Å². The van der Waals surface area contributed by atoms with Crippen molar-refractivity contribution in [2.45, 2.75) is 19.9 Å². The van der Waals surface area contributed by atoms with Crippen LogP contribution in [-0.2, 0) is 16.1 Å². The number of benzene rings is 1. The predicted molar refractivity (Wildman–Crippen MR) is 101 cm³/mol. The molecular formula is C20H24N4O2. The average molecular weight is 352 g/mol. The first-order valence-electron chi connectivity index (χ1n) is 8.88. The van der Waals surface area contributed by atoms with Crippen LogP contribution < -0.4 is 10.2 Å². The van der Waals surface area contributed by atoms with Crippen LogP contribution in [-0.4, -0.2) is 47.9 Å². The van der Waals surface area contributed by atoms with Crippen molar-refractivity contribution < 1.29 is 9.59 Å². The van der Waals surface area contributed by atoms with Crippen LogP contribution in [0.2, 0.25) is 0 Å². The van der Waals surface area contributed by atoms with E-state index in [1.54, 1.807) is 11.1 Å². The number of anilines is 1. The number of carbonyl (C=O) groups excluding carboxylic acids is 2. The summed E-state index contributed by atoms with van der Waals surface area (Å²) in [6, 6.07) is 13.8. The third kappa shape index (κ3) is 4.81. The van der Waals surface area contributed by atoms with Gasteiger partial charge in [-0.05, 0) is 24.6 Å². The molecule has 0 saturated carbocycles. The molecule has 2 amide bonds. The number of aromatic nitrogens is 1. The van der Waals surface area contributed by atoms with Gasteiger partial charge in [-0.2, -0.15) is 0 Å². The first-order chi connectivity index (χ1) is 12.6. The Kier molecular flexibility index (Phi) is 5.84. The summed E-state index contributed by atoms with van der Waals surface area (Å²) in [5.74, 6) is 0.576. The minimum atomic E-state index is -0.233. The van der Waals surface area contributed by atoms with Crippen LogP contribution in [0.25, 0.3) is 0 Å². The standard InChI is InChI=1S/C20H24N4O2/c1-16-5-4-6-17(13-16)15-22-19(25)14-20(26)24-11-9-23(10-12-24)18-7-2-3-8-21-18/h2-8,13H,9-12,14-15H2,1H3,(H,22,25). The monoisotopic (exact) mass is 352 g/mol. The third-order valence-corrected chi connectivity index (χ3v) is 4.49. The third-order valence-electron chi connectivity index (χ3n) is 4.49. The molecule has 1 fully saturated rings. The van der Waals surface area contributed by atoms with Crippen LogP contribution in [0.1, 0.15) is 17.5 Å². The largest absolute Gasteiger partial charge is 0.353 e. The van der Waals surface area contributed by atoms with Crippen molar-refractivity contribution in [2.75, 3.05) is 31.1 Å². The molecule has 0 radical (unpaired) electrons. The van der Waals surface area contributed by atoms with Crippen molar-refractivity contribution in [1.29, 1.82) is 0 Å². The number of carbonyl (C=O) groups is 2. The van der Waals surface area contributed by atoms with Gasteiger partial charge in [0.05, 0.1) is 0 Å². The second-order valence-electron chi connectivity index (χ2n) is 6.50. The lowest BCUT2D eigenvalue weighted by Gasteiger charge is -2.35. The number of hydrogen-bond acceptors (Lipinski definition) is 4. The Morgan fingerprint density at radius 3 is 2.58 bits per heavy atom. The second-order valence-corrected chi connectivity index (χ2v) is 6.50. The van der Waals surface area contributed by atoms with Crippen LogP contribution in [0.5, 0.6) is 0 Å². The highest BCUT2D eigenvalue weighted by atomic mass is 16.2. The highest BCUT2D eigenvalue weighted by Crippen LogP contribution is 2.13. The Hall–Kier alpha value is -2.89. The molecule has 6 heteroatoms. The number of rotatable bonds is 5. The number of hydrogen-bond donors (Lipinski definition) is 1. The van der Waals surface area contributed by atoms with Gasteiger partial charge in [-0.15, -0.1) is 0 Å². The Labute approximate surface area is 153 Å². The Morgan fingerprint density at radius 1 is 1.08 bits per heavy atom. The molecule has 1 aromatic heterocycles. The highest BCUT2D eigenvalue weighted by Gasteiger charge is 2.23. The van der Waals surface area contributed by atoms with E-state index < -0.39 is 0 Å². The minimum absolute atomic E-state index is 0.102. The second kappa shape index (κ2) is 8.47. The van der Waals surface area contributed by atoms with E-state index in [9.17, 15) is 9.59 Å². The quantitative estimate of drug-likeness (QED) is 0.833. The summed E-state index contributed by atoms with van der Waals surface area (Å²) >= 11 is 0. The lowest BCUT2D eigenvalue weighted by molar-refractivity contribution is -0.136. The molecule has 1 aliphatic heterocycles. The van der Waals surface area contributed by atoms with E-state index in [4.69, 9.17) is 0 Å². The van der Waals surface area contributed by atoms with Crippen molar-refractivity contribution in [1.82, 2.24) is 15.2 Å². The molecule has 26 heavy (non-hydrogen) atoms. The molecule has 0 aliphatic carbocycles. The van der Waals surface area contributed by atoms with E-state index in [0.29, 0.717) is 19.6 Å². The maximum atomic E-state index is 12.3. The summed E-state index contributed by atoms with van der Waals surface area (Å²) < 4.78 is 0. The molecule has 0 spiro atoms. The Balaban J connectivity index is 1.43. The predicted octanol–water partition coefficient (Wildman–Crippen LogP) is 1.75. The summed E-state index contributed by atoms with van der Waals surface area (Å²) in [5.41, 5.74) is 2.19. The van der Waals surface area contributed by atoms with E-state index in [0.717, 1.165) is 30.0 Å². The van der Waals surface area contributed by atoms with Gasteiger partial charge in [-0.1, -0.05) is 35.9 Å². The van der Waals surface area contributed by atoms with Gasteiger partial charge in [-0.25, -0.2) is 4.98 Å². The summed E-state index contributed by atoms with van der Waals surface area (Å²) in [4.78, 5) is 32.7. The fourth-order valence-corrected chi connectivity index (χ4v) is 3.06. The lowest BCUT2D eigenvalue weighted by Crippen LogP contribution is -2.49. The van der Waals surface area contributed by atoms with E-state index in [1.807, 2.05) is 49.4 Å².